The van der Waals surface area contributed by atoms with Crippen LogP contribution in [0.3, 0.4) is 0 Å². The third kappa shape index (κ3) is 2.42. The number of hydrogen-bond acceptors (Lipinski definition) is 4. The zero-order valence-electron chi connectivity index (χ0n) is 8.40. The van der Waals surface area contributed by atoms with Crippen LogP contribution in [0, 0.1) is 6.92 Å². The molecule has 0 aliphatic heterocycles. The number of carbonyl (C=O) groups is 1. The third-order valence-corrected chi connectivity index (χ3v) is 1.59. The van der Waals surface area contributed by atoms with Gasteiger partial charge in [0.25, 0.3) is 0 Å². The Morgan fingerprint density at radius 2 is 2.21 bits per heavy atom. The van der Waals surface area contributed by atoms with E-state index in [4.69, 9.17) is 5.11 Å². The van der Waals surface area contributed by atoms with E-state index in [1.807, 2.05) is 13.8 Å². The molecule has 0 bridgehead atoms. The van der Waals surface area contributed by atoms with E-state index < -0.39 is 5.97 Å². The summed E-state index contributed by atoms with van der Waals surface area (Å²) in [5, 5.41) is 11.7. The van der Waals surface area contributed by atoms with Gasteiger partial charge in [-0.25, -0.2) is 14.8 Å². The second-order valence-electron chi connectivity index (χ2n) is 3.29. The maximum absolute atomic E-state index is 10.6. The molecule has 0 spiro atoms. The smallest absolute Gasteiger partial charge is 0.356 e. The van der Waals surface area contributed by atoms with Crippen LogP contribution in [0.5, 0.6) is 0 Å². The average molecular weight is 195 g/mol. The van der Waals surface area contributed by atoms with E-state index in [1.165, 1.54) is 6.20 Å². The maximum atomic E-state index is 10.6. The molecule has 2 N–H and O–H groups in total. The molecule has 0 radical (unpaired) electrons. The summed E-state index contributed by atoms with van der Waals surface area (Å²) in [4.78, 5) is 18.5. The summed E-state index contributed by atoms with van der Waals surface area (Å²) in [6.45, 7) is 5.68. The molecule has 1 aromatic heterocycles. The molecule has 76 valence electrons. The van der Waals surface area contributed by atoms with E-state index in [2.05, 4.69) is 15.3 Å². The molecule has 0 atom stereocenters. The lowest BCUT2D eigenvalue weighted by atomic mass is 10.3. The predicted octanol–water partition coefficient (Wildman–Crippen LogP) is 1.30. The minimum Gasteiger partial charge on any atom is -0.476 e. The first kappa shape index (κ1) is 10.4. The first-order valence-corrected chi connectivity index (χ1v) is 4.34. The van der Waals surface area contributed by atoms with Gasteiger partial charge in [0.05, 0.1) is 11.9 Å². The van der Waals surface area contributed by atoms with Crippen LogP contribution in [-0.2, 0) is 0 Å². The van der Waals surface area contributed by atoms with Crippen molar-refractivity contribution >= 4 is 11.8 Å². The Labute approximate surface area is 82.2 Å². The fourth-order valence-corrected chi connectivity index (χ4v) is 1.000. The van der Waals surface area contributed by atoms with Crippen molar-refractivity contribution in [1.29, 1.82) is 0 Å². The van der Waals surface area contributed by atoms with Crippen molar-refractivity contribution in [3.63, 3.8) is 0 Å². The highest BCUT2D eigenvalue weighted by molar-refractivity contribution is 5.85. The van der Waals surface area contributed by atoms with Gasteiger partial charge in [0.2, 0.25) is 0 Å². The van der Waals surface area contributed by atoms with E-state index in [0.29, 0.717) is 11.5 Å². The topological polar surface area (TPSA) is 75.1 Å². The van der Waals surface area contributed by atoms with Crippen molar-refractivity contribution in [2.45, 2.75) is 26.8 Å². The summed E-state index contributed by atoms with van der Waals surface area (Å²) in [6, 6.07) is 0.249. The van der Waals surface area contributed by atoms with Gasteiger partial charge in [-0.2, -0.15) is 0 Å². The highest BCUT2D eigenvalue weighted by Crippen LogP contribution is 2.09. The molecule has 0 amide bonds. The van der Waals surface area contributed by atoms with E-state index >= 15 is 0 Å². The fraction of sp³-hybridized carbons (Fsp3) is 0.444. The molecular formula is C9H13N3O2. The molecule has 5 heteroatoms. The SMILES string of the molecule is Cc1nc(C(=O)O)cnc1NC(C)C. The largest absolute Gasteiger partial charge is 0.476 e. The van der Waals surface area contributed by atoms with Gasteiger partial charge in [-0.05, 0) is 20.8 Å². The lowest BCUT2D eigenvalue weighted by Crippen LogP contribution is -2.14. The number of nitrogens with zero attached hydrogens (tertiary/aromatic N) is 2. The normalized spacial score (nSPS) is 10.3. The lowest BCUT2D eigenvalue weighted by Gasteiger charge is -2.10. The van der Waals surface area contributed by atoms with Crippen molar-refractivity contribution in [2.75, 3.05) is 5.32 Å². The summed E-state index contributed by atoms with van der Waals surface area (Å²) in [5.74, 6) is -0.429. The maximum Gasteiger partial charge on any atom is 0.356 e. The second kappa shape index (κ2) is 4.04. The first-order valence-electron chi connectivity index (χ1n) is 4.34. The fourth-order valence-electron chi connectivity index (χ4n) is 1.000. The molecule has 14 heavy (non-hydrogen) atoms. The zero-order chi connectivity index (χ0) is 10.7. The average Bonchev–Trinajstić information content (AvgIpc) is 2.07. The summed E-state index contributed by atoms with van der Waals surface area (Å²) in [7, 11) is 0. The number of anilines is 1. The van der Waals surface area contributed by atoms with Gasteiger partial charge in [0.15, 0.2) is 5.69 Å². The summed E-state index contributed by atoms with van der Waals surface area (Å²) < 4.78 is 0. The highest BCUT2D eigenvalue weighted by atomic mass is 16.4. The second-order valence-corrected chi connectivity index (χ2v) is 3.29. The summed E-state index contributed by atoms with van der Waals surface area (Å²) in [6.07, 6.45) is 1.25. The van der Waals surface area contributed by atoms with Gasteiger partial charge in [0, 0.05) is 6.04 Å². The van der Waals surface area contributed by atoms with Crippen molar-refractivity contribution in [3.05, 3.63) is 17.6 Å². The molecule has 0 aliphatic rings. The molecule has 0 fully saturated rings. The van der Waals surface area contributed by atoms with E-state index in [-0.39, 0.29) is 11.7 Å². The Kier molecular flexibility index (Phi) is 3.01. The highest BCUT2D eigenvalue weighted by Gasteiger charge is 2.08. The van der Waals surface area contributed by atoms with Gasteiger partial charge in [-0.15, -0.1) is 0 Å². The van der Waals surface area contributed by atoms with Crippen molar-refractivity contribution in [3.8, 4) is 0 Å². The molecule has 1 rings (SSSR count). The number of carboxylic acids is 1. The van der Waals surface area contributed by atoms with Gasteiger partial charge in [-0.3, -0.25) is 0 Å². The number of carboxylic acid groups (broad SMARTS) is 1. The first-order chi connectivity index (χ1) is 6.50. The van der Waals surface area contributed by atoms with E-state index in [1.54, 1.807) is 6.92 Å². The van der Waals surface area contributed by atoms with Gasteiger partial charge in [-0.1, -0.05) is 0 Å². The molecule has 1 aromatic rings. The number of aryl methyl sites for hydroxylation is 1. The van der Waals surface area contributed by atoms with Crippen LogP contribution in [0.2, 0.25) is 0 Å². The minimum atomic E-state index is -1.06. The molecule has 0 saturated heterocycles. The van der Waals surface area contributed by atoms with Gasteiger partial charge in [0.1, 0.15) is 5.82 Å². The Bertz CT molecular complexity index is 350. The number of rotatable bonds is 3. The van der Waals surface area contributed by atoms with Crippen LogP contribution >= 0.6 is 0 Å². The molecular weight excluding hydrogens is 182 g/mol. The third-order valence-electron chi connectivity index (χ3n) is 1.59. The van der Waals surface area contributed by atoms with Crippen LogP contribution in [0.1, 0.15) is 30.0 Å². The standard InChI is InChI=1S/C9H13N3O2/c1-5(2)11-8-6(3)12-7(4-10-8)9(13)14/h4-5H,1-3H3,(H,10,11)(H,13,14). The van der Waals surface area contributed by atoms with Gasteiger partial charge >= 0.3 is 5.97 Å². The van der Waals surface area contributed by atoms with Crippen LogP contribution in [0.4, 0.5) is 5.82 Å². The van der Waals surface area contributed by atoms with Crippen LogP contribution in [-0.4, -0.2) is 27.1 Å². The van der Waals surface area contributed by atoms with Crippen LogP contribution in [0.15, 0.2) is 6.20 Å². The lowest BCUT2D eigenvalue weighted by molar-refractivity contribution is 0.0690. The molecule has 0 unspecified atom stereocenters. The van der Waals surface area contributed by atoms with Crippen LogP contribution < -0.4 is 5.32 Å². The van der Waals surface area contributed by atoms with Crippen molar-refractivity contribution in [1.82, 2.24) is 9.97 Å². The monoisotopic (exact) mass is 195 g/mol. The number of hydrogen-bond donors (Lipinski definition) is 2. The van der Waals surface area contributed by atoms with Crippen LogP contribution in [0.25, 0.3) is 0 Å². The number of aromatic carboxylic acids is 1. The molecule has 5 nitrogen and oxygen atoms in total. The Hall–Kier alpha value is -1.65. The summed E-state index contributed by atoms with van der Waals surface area (Å²) in [5.41, 5.74) is 0.565. The molecule has 0 saturated carbocycles. The molecule has 0 aromatic carbocycles. The number of aromatic nitrogens is 2. The summed E-state index contributed by atoms with van der Waals surface area (Å²) >= 11 is 0. The molecule has 1 heterocycles. The van der Waals surface area contributed by atoms with E-state index in [0.717, 1.165) is 0 Å². The Morgan fingerprint density at radius 1 is 1.57 bits per heavy atom. The molecule has 0 aliphatic carbocycles. The van der Waals surface area contributed by atoms with Crippen molar-refractivity contribution < 1.29 is 9.90 Å². The quantitative estimate of drug-likeness (QED) is 0.760. The predicted molar refractivity (Wildman–Crippen MR) is 52.5 cm³/mol. The van der Waals surface area contributed by atoms with Gasteiger partial charge < -0.3 is 10.4 Å². The minimum absolute atomic E-state index is 0.0307. The van der Waals surface area contributed by atoms with E-state index in [9.17, 15) is 4.79 Å². The zero-order valence-corrected chi connectivity index (χ0v) is 8.40. The Morgan fingerprint density at radius 3 is 2.64 bits per heavy atom. The van der Waals surface area contributed by atoms with Crippen molar-refractivity contribution in [2.24, 2.45) is 0 Å². The number of nitrogens with one attached hydrogen (secondary N) is 1. The Balaban J connectivity index is 2.95.